The lowest BCUT2D eigenvalue weighted by atomic mass is 10.0. The lowest BCUT2D eigenvalue weighted by Gasteiger charge is -2.08. The minimum absolute atomic E-state index is 0.0802. The topological polar surface area (TPSA) is 77.8 Å². The van der Waals surface area contributed by atoms with Crippen LogP contribution in [-0.2, 0) is 0 Å². The van der Waals surface area contributed by atoms with Crippen molar-refractivity contribution in [3.05, 3.63) is 52.0 Å². The SMILES string of the molecule is O=C(c1ccccc1)c1cc(Br)c(O)c(O)c1O. The van der Waals surface area contributed by atoms with Gasteiger partial charge in [0.2, 0.25) is 5.75 Å². The third kappa shape index (κ3) is 2.04. The van der Waals surface area contributed by atoms with Gasteiger partial charge in [-0.1, -0.05) is 30.3 Å². The molecule has 0 fully saturated rings. The average Bonchev–Trinajstić information content (AvgIpc) is 2.41. The zero-order chi connectivity index (χ0) is 13.3. The third-order valence-electron chi connectivity index (χ3n) is 2.48. The van der Waals surface area contributed by atoms with E-state index in [0.29, 0.717) is 5.56 Å². The van der Waals surface area contributed by atoms with Crippen LogP contribution in [0.5, 0.6) is 17.2 Å². The fourth-order valence-corrected chi connectivity index (χ4v) is 1.95. The van der Waals surface area contributed by atoms with Gasteiger partial charge in [-0.25, -0.2) is 0 Å². The molecular weight excluding hydrogens is 300 g/mol. The molecule has 0 aliphatic heterocycles. The van der Waals surface area contributed by atoms with E-state index in [4.69, 9.17) is 0 Å². The number of rotatable bonds is 2. The van der Waals surface area contributed by atoms with Gasteiger partial charge in [0.05, 0.1) is 10.0 Å². The van der Waals surface area contributed by atoms with E-state index < -0.39 is 23.0 Å². The van der Waals surface area contributed by atoms with E-state index in [9.17, 15) is 20.1 Å². The summed E-state index contributed by atoms with van der Waals surface area (Å²) in [4.78, 5) is 12.1. The highest BCUT2D eigenvalue weighted by atomic mass is 79.9. The van der Waals surface area contributed by atoms with Gasteiger partial charge in [0, 0.05) is 5.56 Å². The molecule has 3 N–H and O–H groups in total. The second-order valence-electron chi connectivity index (χ2n) is 3.65. The summed E-state index contributed by atoms with van der Waals surface area (Å²) in [5.41, 5.74) is 0.299. The van der Waals surface area contributed by atoms with E-state index in [2.05, 4.69) is 15.9 Å². The number of hydrogen-bond donors (Lipinski definition) is 3. The molecule has 0 aliphatic rings. The molecule has 0 bridgehead atoms. The highest BCUT2D eigenvalue weighted by Gasteiger charge is 2.21. The third-order valence-corrected chi connectivity index (χ3v) is 3.09. The molecule has 0 unspecified atom stereocenters. The number of carbonyl (C=O) groups is 1. The van der Waals surface area contributed by atoms with Crippen LogP contribution in [0.1, 0.15) is 15.9 Å². The van der Waals surface area contributed by atoms with E-state index in [1.807, 2.05) is 0 Å². The van der Waals surface area contributed by atoms with Crippen molar-refractivity contribution in [3.63, 3.8) is 0 Å². The Morgan fingerprint density at radius 1 is 0.944 bits per heavy atom. The summed E-state index contributed by atoms with van der Waals surface area (Å²) in [5.74, 6) is -2.30. The molecule has 0 saturated carbocycles. The van der Waals surface area contributed by atoms with Gasteiger partial charge in [-0.15, -0.1) is 0 Å². The monoisotopic (exact) mass is 308 g/mol. The van der Waals surface area contributed by atoms with E-state index in [-0.39, 0.29) is 10.0 Å². The highest BCUT2D eigenvalue weighted by molar-refractivity contribution is 9.10. The number of aromatic hydroxyl groups is 3. The van der Waals surface area contributed by atoms with Gasteiger partial charge in [-0.3, -0.25) is 4.79 Å². The first-order valence-electron chi connectivity index (χ1n) is 5.05. The Kier molecular flexibility index (Phi) is 3.25. The Labute approximate surface area is 111 Å². The molecule has 0 radical (unpaired) electrons. The van der Waals surface area contributed by atoms with Crippen molar-refractivity contribution in [3.8, 4) is 17.2 Å². The Morgan fingerprint density at radius 3 is 2.17 bits per heavy atom. The standard InChI is InChI=1S/C13H9BrO4/c14-9-6-8(11(16)13(18)12(9)17)10(15)7-4-2-1-3-5-7/h1-6,16-18H. The summed E-state index contributed by atoms with van der Waals surface area (Å²) in [5, 5.41) is 28.6. The molecule has 0 saturated heterocycles. The van der Waals surface area contributed by atoms with Crippen molar-refractivity contribution in [2.75, 3.05) is 0 Å². The van der Waals surface area contributed by atoms with E-state index in [1.54, 1.807) is 30.3 Å². The zero-order valence-electron chi connectivity index (χ0n) is 9.09. The first kappa shape index (κ1) is 12.4. The Hall–Kier alpha value is -2.01. The molecule has 0 aromatic heterocycles. The van der Waals surface area contributed by atoms with Crippen LogP contribution in [-0.4, -0.2) is 21.1 Å². The normalized spacial score (nSPS) is 10.3. The second kappa shape index (κ2) is 4.70. The van der Waals surface area contributed by atoms with Crippen molar-refractivity contribution in [2.24, 2.45) is 0 Å². The highest BCUT2D eigenvalue weighted by Crippen LogP contribution is 2.43. The second-order valence-corrected chi connectivity index (χ2v) is 4.50. The van der Waals surface area contributed by atoms with Gasteiger partial charge in [0.1, 0.15) is 0 Å². The summed E-state index contributed by atoms with van der Waals surface area (Å²) in [6.07, 6.45) is 0. The molecule has 0 heterocycles. The maximum atomic E-state index is 12.1. The molecule has 2 aromatic carbocycles. The Morgan fingerprint density at radius 2 is 1.56 bits per heavy atom. The van der Waals surface area contributed by atoms with Gasteiger partial charge in [-0.05, 0) is 22.0 Å². The summed E-state index contributed by atoms with van der Waals surface area (Å²) in [6.45, 7) is 0. The molecule has 92 valence electrons. The first-order chi connectivity index (χ1) is 8.52. The van der Waals surface area contributed by atoms with Crippen LogP contribution in [0.2, 0.25) is 0 Å². The molecule has 2 aromatic rings. The molecule has 5 heteroatoms. The first-order valence-corrected chi connectivity index (χ1v) is 5.84. The maximum Gasteiger partial charge on any atom is 0.202 e. The summed E-state index contributed by atoms with van der Waals surface area (Å²) in [7, 11) is 0. The van der Waals surface area contributed by atoms with Gasteiger partial charge in [0.15, 0.2) is 17.3 Å². The average molecular weight is 309 g/mol. The molecule has 2 rings (SSSR count). The number of ketones is 1. The van der Waals surface area contributed by atoms with Crippen LogP contribution in [0.4, 0.5) is 0 Å². The number of hydrogen-bond acceptors (Lipinski definition) is 4. The van der Waals surface area contributed by atoms with Gasteiger partial charge in [0.25, 0.3) is 0 Å². The maximum absolute atomic E-state index is 12.1. The summed E-state index contributed by atoms with van der Waals surface area (Å²) >= 11 is 3.00. The van der Waals surface area contributed by atoms with E-state index >= 15 is 0 Å². The quantitative estimate of drug-likeness (QED) is 0.589. The van der Waals surface area contributed by atoms with Crippen molar-refractivity contribution < 1.29 is 20.1 Å². The predicted octanol–water partition coefficient (Wildman–Crippen LogP) is 2.80. The number of phenols is 3. The fraction of sp³-hybridized carbons (Fsp3) is 0. The summed E-state index contributed by atoms with van der Waals surface area (Å²) in [6, 6.07) is 9.61. The van der Waals surface area contributed by atoms with E-state index in [1.165, 1.54) is 6.07 Å². The molecule has 0 amide bonds. The Balaban J connectivity index is 2.56. The van der Waals surface area contributed by atoms with Crippen molar-refractivity contribution in [2.45, 2.75) is 0 Å². The number of carbonyl (C=O) groups excluding carboxylic acids is 1. The van der Waals surface area contributed by atoms with E-state index in [0.717, 1.165) is 0 Å². The van der Waals surface area contributed by atoms with Crippen LogP contribution in [0.3, 0.4) is 0 Å². The number of halogens is 1. The van der Waals surface area contributed by atoms with Crippen LogP contribution >= 0.6 is 15.9 Å². The van der Waals surface area contributed by atoms with Crippen LogP contribution in [0, 0.1) is 0 Å². The van der Waals surface area contributed by atoms with Crippen molar-refractivity contribution >= 4 is 21.7 Å². The van der Waals surface area contributed by atoms with Gasteiger partial charge >= 0.3 is 0 Å². The molecule has 0 atom stereocenters. The molecular formula is C13H9BrO4. The van der Waals surface area contributed by atoms with Crippen LogP contribution in [0.15, 0.2) is 40.9 Å². The fourth-order valence-electron chi connectivity index (χ4n) is 1.53. The minimum Gasteiger partial charge on any atom is -0.504 e. The lowest BCUT2D eigenvalue weighted by Crippen LogP contribution is -2.01. The van der Waals surface area contributed by atoms with Crippen LogP contribution in [0.25, 0.3) is 0 Å². The molecule has 0 aliphatic carbocycles. The van der Waals surface area contributed by atoms with Crippen molar-refractivity contribution in [1.29, 1.82) is 0 Å². The zero-order valence-corrected chi connectivity index (χ0v) is 10.7. The number of benzene rings is 2. The smallest absolute Gasteiger partial charge is 0.202 e. The van der Waals surface area contributed by atoms with Crippen LogP contribution < -0.4 is 0 Å². The molecule has 4 nitrogen and oxygen atoms in total. The minimum atomic E-state index is -0.719. The lowest BCUT2D eigenvalue weighted by molar-refractivity contribution is 0.103. The predicted molar refractivity (Wildman–Crippen MR) is 69.0 cm³/mol. The Bertz CT molecular complexity index is 608. The molecule has 0 spiro atoms. The number of phenolic OH excluding ortho intramolecular Hbond substituents is 3. The van der Waals surface area contributed by atoms with Gasteiger partial charge in [-0.2, -0.15) is 0 Å². The summed E-state index contributed by atoms with van der Waals surface area (Å²) < 4.78 is 0.136. The van der Waals surface area contributed by atoms with Crippen molar-refractivity contribution in [1.82, 2.24) is 0 Å². The largest absolute Gasteiger partial charge is 0.504 e. The van der Waals surface area contributed by atoms with Gasteiger partial charge < -0.3 is 15.3 Å². The molecule has 18 heavy (non-hydrogen) atoms.